The van der Waals surface area contributed by atoms with Gasteiger partial charge in [-0.2, -0.15) is 0 Å². The first-order valence-electron chi connectivity index (χ1n) is 21.2. The van der Waals surface area contributed by atoms with Gasteiger partial charge in [-0.25, -0.2) is 4.98 Å². The van der Waals surface area contributed by atoms with Crippen molar-refractivity contribution in [1.82, 2.24) is 14.1 Å². The van der Waals surface area contributed by atoms with Crippen LogP contribution in [0.4, 0.5) is 0 Å². The van der Waals surface area contributed by atoms with Crippen LogP contribution in [0.5, 0.6) is 0 Å². The lowest BCUT2D eigenvalue weighted by Gasteiger charge is -2.17. The molecule has 0 bridgehead atoms. The minimum absolute atomic E-state index is 0.930. The van der Waals surface area contributed by atoms with Gasteiger partial charge in [-0.3, -0.25) is 0 Å². The molecule has 62 heavy (non-hydrogen) atoms. The van der Waals surface area contributed by atoms with Gasteiger partial charge in [0.2, 0.25) is 0 Å². The molecule has 0 saturated heterocycles. The van der Waals surface area contributed by atoms with Crippen molar-refractivity contribution in [3.8, 4) is 67.3 Å². The third-order valence-electron chi connectivity index (χ3n) is 12.3. The van der Waals surface area contributed by atoms with Crippen molar-refractivity contribution in [2.24, 2.45) is 0 Å². The Morgan fingerprint density at radius 3 is 1.55 bits per heavy atom. The highest BCUT2D eigenvalue weighted by Gasteiger charge is 2.23. The quantitative estimate of drug-likeness (QED) is 0.158. The molecule has 3 aromatic heterocycles. The van der Waals surface area contributed by atoms with Gasteiger partial charge in [0.15, 0.2) is 0 Å². The number of benzene rings is 9. The maximum atomic E-state index is 5.35. The molecule has 290 valence electrons. The second kappa shape index (κ2) is 14.8. The molecule has 12 aromatic rings. The van der Waals surface area contributed by atoms with Crippen LogP contribution in [0.1, 0.15) is 0 Å². The van der Waals surface area contributed by atoms with E-state index in [1.807, 2.05) is 0 Å². The van der Waals surface area contributed by atoms with Gasteiger partial charge in [-0.1, -0.05) is 182 Å². The summed E-state index contributed by atoms with van der Waals surface area (Å²) in [7, 11) is 0. The molecule has 0 amide bonds. The highest BCUT2D eigenvalue weighted by atomic mass is 15.0. The molecule has 0 fully saturated rings. The van der Waals surface area contributed by atoms with Gasteiger partial charge < -0.3 is 9.13 Å². The number of hydrogen-bond donors (Lipinski definition) is 0. The van der Waals surface area contributed by atoms with Crippen LogP contribution in [0.3, 0.4) is 0 Å². The third-order valence-corrected chi connectivity index (χ3v) is 12.3. The summed E-state index contributed by atoms with van der Waals surface area (Å²) in [5.41, 5.74) is 18.0. The van der Waals surface area contributed by atoms with E-state index >= 15 is 0 Å². The van der Waals surface area contributed by atoms with Crippen LogP contribution in [0, 0.1) is 0 Å². The van der Waals surface area contributed by atoms with Crippen LogP contribution < -0.4 is 0 Å². The number of nitrogens with zero attached hydrogens (tertiary/aromatic N) is 3. The fourth-order valence-electron chi connectivity index (χ4n) is 9.46. The van der Waals surface area contributed by atoms with E-state index in [1.165, 1.54) is 60.3 Å². The number of para-hydroxylation sites is 3. The van der Waals surface area contributed by atoms with Crippen LogP contribution in [0.15, 0.2) is 237 Å². The van der Waals surface area contributed by atoms with Crippen molar-refractivity contribution < 1.29 is 0 Å². The van der Waals surface area contributed by atoms with E-state index < -0.39 is 0 Å². The molecule has 9 aromatic carbocycles. The molecule has 0 aliphatic carbocycles. The zero-order valence-corrected chi connectivity index (χ0v) is 33.9. The Hall–Kier alpha value is -8.27. The van der Waals surface area contributed by atoms with Gasteiger partial charge in [0.05, 0.1) is 39.1 Å². The molecule has 0 N–H and O–H groups in total. The summed E-state index contributed by atoms with van der Waals surface area (Å²) in [5, 5.41) is 4.90. The largest absolute Gasteiger partial charge is 0.309 e. The van der Waals surface area contributed by atoms with Crippen LogP contribution in [-0.4, -0.2) is 14.1 Å². The summed E-state index contributed by atoms with van der Waals surface area (Å²) < 4.78 is 4.94. The molecule has 3 nitrogen and oxygen atoms in total. The average molecular weight is 790 g/mol. The highest BCUT2D eigenvalue weighted by Crippen LogP contribution is 2.44. The molecule has 0 spiro atoms. The predicted octanol–water partition coefficient (Wildman–Crippen LogP) is 15.6. The molecule has 0 unspecified atom stereocenters. The first kappa shape index (κ1) is 35.7. The Bertz CT molecular complexity index is 3600. The van der Waals surface area contributed by atoms with E-state index in [4.69, 9.17) is 4.98 Å². The maximum absolute atomic E-state index is 5.35. The number of pyridine rings is 1. The standard InChI is InChI=1S/C59H39N3/c1-4-17-40(18-5-1)42-31-33-47(34-32-42)61-56-30-15-12-27-51(56)58-57(61)36-35-50-49-26-11-14-29-55(49)62(59(50)58)54-28-13-10-25-48(54)46-38-52(43-21-8-3-9-22-43)60-53(39-46)45-24-16-23-44(37-45)41-19-6-2-7-20-41/h1-39H. The Morgan fingerprint density at radius 2 is 0.823 bits per heavy atom. The van der Waals surface area contributed by atoms with Crippen LogP contribution in [0.2, 0.25) is 0 Å². The monoisotopic (exact) mass is 789 g/mol. The number of rotatable bonds is 7. The smallest absolute Gasteiger partial charge is 0.0715 e. The summed E-state index contributed by atoms with van der Waals surface area (Å²) in [6.07, 6.45) is 0. The first-order chi connectivity index (χ1) is 30.8. The lowest BCUT2D eigenvalue weighted by atomic mass is 9.97. The lowest BCUT2D eigenvalue weighted by Crippen LogP contribution is -1.99. The Morgan fingerprint density at radius 1 is 0.290 bits per heavy atom. The zero-order valence-electron chi connectivity index (χ0n) is 33.9. The Labute approximate surface area is 360 Å². The Kier molecular flexibility index (Phi) is 8.50. The molecule has 0 saturated carbocycles. The van der Waals surface area contributed by atoms with Gasteiger partial charge >= 0.3 is 0 Å². The normalized spacial score (nSPS) is 11.5. The molecule has 0 radical (unpaired) electrons. The van der Waals surface area contributed by atoms with E-state index in [2.05, 4.69) is 246 Å². The minimum Gasteiger partial charge on any atom is -0.309 e. The minimum atomic E-state index is 0.930. The average Bonchev–Trinajstić information content (AvgIpc) is 3.88. The topological polar surface area (TPSA) is 22.8 Å². The van der Waals surface area contributed by atoms with Crippen molar-refractivity contribution in [3.63, 3.8) is 0 Å². The van der Waals surface area contributed by atoms with Crippen LogP contribution in [0.25, 0.3) is 111 Å². The van der Waals surface area contributed by atoms with Crippen LogP contribution >= 0.6 is 0 Å². The van der Waals surface area contributed by atoms with Gasteiger partial charge in [-0.05, 0) is 82.4 Å². The third kappa shape index (κ3) is 5.94. The van der Waals surface area contributed by atoms with E-state index in [0.717, 1.165) is 50.6 Å². The molecule has 3 heteroatoms. The van der Waals surface area contributed by atoms with Crippen molar-refractivity contribution in [2.75, 3.05) is 0 Å². The van der Waals surface area contributed by atoms with Gasteiger partial charge in [-0.15, -0.1) is 0 Å². The maximum Gasteiger partial charge on any atom is 0.0715 e. The second-order valence-corrected chi connectivity index (χ2v) is 15.9. The van der Waals surface area contributed by atoms with E-state index in [-0.39, 0.29) is 0 Å². The van der Waals surface area contributed by atoms with Gasteiger partial charge in [0, 0.05) is 43.9 Å². The van der Waals surface area contributed by atoms with Crippen molar-refractivity contribution in [3.05, 3.63) is 237 Å². The van der Waals surface area contributed by atoms with Gasteiger partial charge in [0.1, 0.15) is 0 Å². The van der Waals surface area contributed by atoms with Gasteiger partial charge in [0.25, 0.3) is 0 Å². The number of hydrogen-bond acceptors (Lipinski definition) is 1. The Balaban J connectivity index is 1.11. The molecule has 0 aliphatic heterocycles. The van der Waals surface area contributed by atoms with E-state index in [0.29, 0.717) is 0 Å². The summed E-state index contributed by atoms with van der Waals surface area (Å²) in [6.45, 7) is 0. The molecular formula is C59H39N3. The second-order valence-electron chi connectivity index (χ2n) is 15.9. The summed E-state index contributed by atoms with van der Waals surface area (Å²) in [6, 6.07) is 85.2. The van der Waals surface area contributed by atoms with E-state index in [9.17, 15) is 0 Å². The molecule has 12 rings (SSSR count). The fraction of sp³-hybridized carbons (Fsp3) is 0. The predicted molar refractivity (Wildman–Crippen MR) is 260 cm³/mol. The molecular weight excluding hydrogens is 751 g/mol. The first-order valence-corrected chi connectivity index (χ1v) is 21.2. The van der Waals surface area contributed by atoms with Crippen molar-refractivity contribution >= 4 is 43.6 Å². The molecule has 0 atom stereocenters. The fourth-order valence-corrected chi connectivity index (χ4v) is 9.46. The van der Waals surface area contributed by atoms with Crippen molar-refractivity contribution in [2.45, 2.75) is 0 Å². The summed E-state index contributed by atoms with van der Waals surface area (Å²) in [4.78, 5) is 5.35. The zero-order chi connectivity index (χ0) is 41.0. The number of aromatic nitrogens is 3. The van der Waals surface area contributed by atoms with Crippen LogP contribution in [-0.2, 0) is 0 Å². The van der Waals surface area contributed by atoms with E-state index in [1.54, 1.807) is 0 Å². The molecule has 3 heterocycles. The summed E-state index contributed by atoms with van der Waals surface area (Å²) in [5.74, 6) is 0. The van der Waals surface area contributed by atoms with Crippen molar-refractivity contribution in [1.29, 1.82) is 0 Å². The SMILES string of the molecule is c1ccc(-c2ccc(-n3c4ccccc4c4c3ccc3c5ccccc5n(-c5ccccc5-c5cc(-c6ccccc6)nc(-c6cccc(-c7ccccc7)c6)c5)c34)cc2)cc1. The lowest BCUT2D eigenvalue weighted by molar-refractivity contribution is 1.17. The number of fused-ring (bicyclic) bond motifs is 7. The molecule has 0 aliphatic rings. The summed E-state index contributed by atoms with van der Waals surface area (Å²) >= 11 is 0. The highest BCUT2D eigenvalue weighted by molar-refractivity contribution is 6.26.